The summed E-state index contributed by atoms with van der Waals surface area (Å²) >= 11 is 0. The van der Waals surface area contributed by atoms with Crippen LogP contribution in [-0.4, -0.2) is 25.5 Å². The summed E-state index contributed by atoms with van der Waals surface area (Å²) in [5, 5.41) is 6.64. The van der Waals surface area contributed by atoms with Crippen LogP contribution in [0.1, 0.15) is 51.0 Å². The smallest absolute Gasteiger partial charge is 0.220 e. The standard InChI is InChI=1S/C20H30N2O/c1-16(17-8-12-21-13-9-17)14-19(23)22-15-20(10-5-11-20)18-6-3-2-4-7-18/h2-4,6-7,16-17,21H,5,8-15H2,1H3,(H,22,23). The van der Waals surface area contributed by atoms with Crippen molar-refractivity contribution in [2.45, 2.75) is 50.9 Å². The number of rotatable bonds is 6. The molecule has 2 fully saturated rings. The molecule has 1 aliphatic heterocycles. The van der Waals surface area contributed by atoms with E-state index in [-0.39, 0.29) is 11.3 Å². The Morgan fingerprint density at radius 2 is 1.96 bits per heavy atom. The second-order valence-corrected chi connectivity index (χ2v) is 7.55. The molecule has 1 heterocycles. The zero-order valence-corrected chi connectivity index (χ0v) is 14.3. The van der Waals surface area contributed by atoms with Gasteiger partial charge in [0.25, 0.3) is 0 Å². The van der Waals surface area contributed by atoms with E-state index in [1.807, 2.05) is 0 Å². The summed E-state index contributed by atoms with van der Waals surface area (Å²) in [5.41, 5.74) is 1.58. The Hall–Kier alpha value is -1.35. The van der Waals surface area contributed by atoms with E-state index in [9.17, 15) is 4.79 Å². The molecule has 3 heteroatoms. The quantitative estimate of drug-likeness (QED) is 0.846. The average molecular weight is 314 g/mol. The highest BCUT2D eigenvalue weighted by atomic mass is 16.1. The van der Waals surface area contributed by atoms with Gasteiger partial charge in [-0.05, 0) is 56.2 Å². The van der Waals surface area contributed by atoms with E-state index < -0.39 is 0 Å². The van der Waals surface area contributed by atoms with Crippen molar-refractivity contribution in [3.8, 4) is 0 Å². The number of benzene rings is 1. The number of carbonyl (C=O) groups is 1. The molecule has 23 heavy (non-hydrogen) atoms. The molecule has 0 radical (unpaired) electrons. The Kier molecular flexibility index (Phi) is 5.37. The molecule has 1 aliphatic carbocycles. The van der Waals surface area contributed by atoms with Gasteiger partial charge in [0.05, 0.1) is 0 Å². The summed E-state index contributed by atoms with van der Waals surface area (Å²) in [4.78, 5) is 12.4. The number of hydrogen-bond acceptors (Lipinski definition) is 2. The third-order valence-corrected chi connectivity index (χ3v) is 6.02. The van der Waals surface area contributed by atoms with E-state index in [4.69, 9.17) is 0 Å². The van der Waals surface area contributed by atoms with Gasteiger partial charge in [-0.3, -0.25) is 4.79 Å². The van der Waals surface area contributed by atoms with E-state index in [0.717, 1.165) is 19.6 Å². The molecule has 1 aromatic rings. The fourth-order valence-electron chi connectivity index (χ4n) is 4.18. The minimum absolute atomic E-state index is 0.189. The molecular formula is C20H30N2O. The van der Waals surface area contributed by atoms with Gasteiger partial charge in [-0.25, -0.2) is 0 Å². The van der Waals surface area contributed by atoms with Crippen LogP contribution in [0.3, 0.4) is 0 Å². The fraction of sp³-hybridized carbons (Fsp3) is 0.650. The molecule has 0 aromatic heterocycles. The number of hydrogen-bond donors (Lipinski definition) is 2. The van der Waals surface area contributed by atoms with Crippen molar-refractivity contribution in [2.24, 2.45) is 11.8 Å². The molecule has 1 atom stereocenters. The van der Waals surface area contributed by atoms with Gasteiger partial charge in [-0.1, -0.05) is 43.7 Å². The lowest BCUT2D eigenvalue weighted by Crippen LogP contribution is -2.46. The summed E-state index contributed by atoms with van der Waals surface area (Å²) in [6.07, 6.45) is 6.76. The van der Waals surface area contributed by atoms with Gasteiger partial charge in [0.1, 0.15) is 0 Å². The minimum Gasteiger partial charge on any atom is -0.355 e. The molecule has 1 unspecified atom stereocenters. The number of carbonyl (C=O) groups excluding carboxylic acids is 1. The molecule has 0 bridgehead atoms. The van der Waals surface area contributed by atoms with Gasteiger partial charge in [0, 0.05) is 18.4 Å². The molecule has 0 spiro atoms. The summed E-state index contributed by atoms with van der Waals surface area (Å²) < 4.78 is 0. The molecular weight excluding hydrogens is 284 g/mol. The van der Waals surface area contributed by atoms with Crippen LogP contribution in [0.4, 0.5) is 0 Å². The van der Waals surface area contributed by atoms with Crippen molar-refractivity contribution in [3.05, 3.63) is 35.9 Å². The molecule has 2 N–H and O–H groups in total. The molecule has 1 aromatic carbocycles. The summed E-state index contributed by atoms with van der Waals surface area (Å²) in [6.45, 7) is 5.25. The van der Waals surface area contributed by atoms with Crippen molar-refractivity contribution in [3.63, 3.8) is 0 Å². The number of nitrogens with one attached hydrogen (secondary N) is 2. The molecule has 3 rings (SSSR count). The first-order valence-electron chi connectivity index (χ1n) is 9.23. The van der Waals surface area contributed by atoms with Gasteiger partial charge in [-0.2, -0.15) is 0 Å². The second kappa shape index (κ2) is 7.48. The highest BCUT2D eigenvalue weighted by Gasteiger charge is 2.38. The monoisotopic (exact) mass is 314 g/mol. The Morgan fingerprint density at radius 3 is 2.57 bits per heavy atom. The summed E-state index contributed by atoms with van der Waals surface area (Å²) in [6, 6.07) is 10.7. The van der Waals surface area contributed by atoms with Gasteiger partial charge in [0.15, 0.2) is 0 Å². The van der Waals surface area contributed by atoms with Crippen LogP contribution in [0.25, 0.3) is 0 Å². The number of piperidine rings is 1. The first kappa shape index (κ1) is 16.5. The second-order valence-electron chi connectivity index (χ2n) is 7.55. The molecule has 1 saturated heterocycles. The predicted octanol–water partition coefficient (Wildman–Crippen LogP) is 3.25. The van der Waals surface area contributed by atoms with Gasteiger partial charge in [0.2, 0.25) is 5.91 Å². The maximum Gasteiger partial charge on any atom is 0.220 e. The zero-order chi connectivity index (χ0) is 16.1. The fourth-order valence-corrected chi connectivity index (χ4v) is 4.18. The normalized spacial score (nSPS) is 22.1. The van der Waals surface area contributed by atoms with Crippen molar-refractivity contribution < 1.29 is 4.79 Å². The molecule has 126 valence electrons. The number of amides is 1. The van der Waals surface area contributed by atoms with E-state index in [2.05, 4.69) is 47.9 Å². The van der Waals surface area contributed by atoms with Crippen LogP contribution in [-0.2, 0) is 10.2 Å². The lowest BCUT2D eigenvalue weighted by Gasteiger charge is -2.42. The van der Waals surface area contributed by atoms with E-state index in [0.29, 0.717) is 18.3 Å². The van der Waals surface area contributed by atoms with Gasteiger partial charge >= 0.3 is 0 Å². The SMILES string of the molecule is CC(CC(=O)NCC1(c2ccccc2)CCC1)C1CCNCC1. The van der Waals surface area contributed by atoms with Crippen LogP contribution < -0.4 is 10.6 Å². The molecule has 2 aliphatic rings. The topological polar surface area (TPSA) is 41.1 Å². The maximum atomic E-state index is 12.4. The minimum atomic E-state index is 0.189. The first-order valence-corrected chi connectivity index (χ1v) is 9.23. The van der Waals surface area contributed by atoms with Crippen LogP contribution >= 0.6 is 0 Å². The third-order valence-electron chi connectivity index (χ3n) is 6.02. The van der Waals surface area contributed by atoms with E-state index in [1.165, 1.54) is 37.7 Å². The zero-order valence-electron chi connectivity index (χ0n) is 14.3. The first-order chi connectivity index (χ1) is 11.2. The van der Waals surface area contributed by atoms with E-state index in [1.54, 1.807) is 0 Å². The lowest BCUT2D eigenvalue weighted by molar-refractivity contribution is -0.122. The Balaban J connectivity index is 1.50. The Bertz CT molecular complexity index is 504. The predicted molar refractivity (Wildman–Crippen MR) is 94.4 cm³/mol. The van der Waals surface area contributed by atoms with E-state index >= 15 is 0 Å². The van der Waals surface area contributed by atoms with Crippen LogP contribution in [0.2, 0.25) is 0 Å². The third kappa shape index (κ3) is 3.95. The lowest BCUT2D eigenvalue weighted by atomic mass is 9.64. The molecule has 3 nitrogen and oxygen atoms in total. The van der Waals surface area contributed by atoms with Crippen molar-refractivity contribution >= 4 is 5.91 Å². The van der Waals surface area contributed by atoms with Crippen molar-refractivity contribution in [1.29, 1.82) is 0 Å². The average Bonchev–Trinajstić information content (AvgIpc) is 2.55. The summed E-state index contributed by atoms with van der Waals surface area (Å²) in [7, 11) is 0. The Morgan fingerprint density at radius 1 is 1.26 bits per heavy atom. The molecule has 1 saturated carbocycles. The van der Waals surface area contributed by atoms with Crippen molar-refractivity contribution in [1.82, 2.24) is 10.6 Å². The Labute approximate surface area is 140 Å². The maximum absolute atomic E-state index is 12.4. The largest absolute Gasteiger partial charge is 0.355 e. The van der Waals surface area contributed by atoms with Crippen LogP contribution in [0.15, 0.2) is 30.3 Å². The van der Waals surface area contributed by atoms with Crippen molar-refractivity contribution in [2.75, 3.05) is 19.6 Å². The summed E-state index contributed by atoms with van der Waals surface area (Å²) in [5.74, 6) is 1.43. The molecule has 1 amide bonds. The van der Waals surface area contributed by atoms with Gasteiger partial charge < -0.3 is 10.6 Å². The van der Waals surface area contributed by atoms with Gasteiger partial charge in [-0.15, -0.1) is 0 Å². The highest BCUT2D eigenvalue weighted by Crippen LogP contribution is 2.43. The van der Waals surface area contributed by atoms with Crippen LogP contribution in [0.5, 0.6) is 0 Å². The van der Waals surface area contributed by atoms with Crippen LogP contribution in [0, 0.1) is 11.8 Å². The highest BCUT2D eigenvalue weighted by molar-refractivity contribution is 5.76.